The van der Waals surface area contributed by atoms with E-state index in [0.717, 1.165) is 18.7 Å². The highest BCUT2D eigenvalue weighted by molar-refractivity contribution is 5.48. The van der Waals surface area contributed by atoms with Crippen molar-refractivity contribution in [1.29, 1.82) is 0 Å². The van der Waals surface area contributed by atoms with E-state index in [9.17, 15) is 5.11 Å². The average Bonchev–Trinajstić information content (AvgIpc) is 2.37. The van der Waals surface area contributed by atoms with Gasteiger partial charge in [0.1, 0.15) is 5.75 Å². The summed E-state index contributed by atoms with van der Waals surface area (Å²) in [6, 6.07) is 15.7. The lowest BCUT2D eigenvalue weighted by molar-refractivity contribution is 0.475. The molecule has 0 saturated heterocycles. The number of nitrogens with one attached hydrogen (secondary N) is 1. The zero-order valence-electron chi connectivity index (χ0n) is 9.98. The summed E-state index contributed by atoms with van der Waals surface area (Å²) in [5.41, 5.74) is 3.53. The van der Waals surface area contributed by atoms with Gasteiger partial charge >= 0.3 is 0 Å². The molecule has 0 heterocycles. The van der Waals surface area contributed by atoms with E-state index < -0.39 is 0 Å². The molecular weight excluding hydrogens is 210 g/mol. The largest absolute Gasteiger partial charge is 0.508 e. The summed E-state index contributed by atoms with van der Waals surface area (Å²) >= 11 is 0. The van der Waals surface area contributed by atoms with Crippen molar-refractivity contribution in [1.82, 2.24) is 0 Å². The molecule has 0 unspecified atom stereocenters. The Morgan fingerprint density at radius 3 is 2.35 bits per heavy atom. The summed E-state index contributed by atoms with van der Waals surface area (Å²) in [5, 5.41) is 12.6. The molecule has 2 rings (SSSR count). The van der Waals surface area contributed by atoms with Crippen LogP contribution in [0.25, 0.3) is 0 Å². The van der Waals surface area contributed by atoms with Crippen LogP contribution in [0.1, 0.15) is 18.1 Å². The fourth-order valence-corrected chi connectivity index (χ4v) is 1.71. The fourth-order valence-electron chi connectivity index (χ4n) is 1.71. The van der Waals surface area contributed by atoms with E-state index in [0.29, 0.717) is 0 Å². The first-order valence-electron chi connectivity index (χ1n) is 5.88. The zero-order chi connectivity index (χ0) is 12.1. The van der Waals surface area contributed by atoms with Crippen molar-refractivity contribution < 1.29 is 5.11 Å². The topological polar surface area (TPSA) is 32.3 Å². The first-order valence-corrected chi connectivity index (χ1v) is 5.88. The molecule has 0 spiro atoms. The van der Waals surface area contributed by atoms with Gasteiger partial charge in [0, 0.05) is 18.3 Å². The van der Waals surface area contributed by atoms with Gasteiger partial charge in [-0.3, -0.25) is 0 Å². The molecule has 0 aliphatic heterocycles. The van der Waals surface area contributed by atoms with Crippen LogP contribution in [0.4, 0.5) is 5.69 Å². The van der Waals surface area contributed by atoms with E-state index in [-0.39, 0.29) is 5.75 Å². The van der Waals surface area contributed by atoms with E-state index in [4.69, 9.17) is 0 Å². The Balaban J connectivity index is 1.97. The first-order chi connectivity index (χ1) is 8.28. The highest BCUT2D eigenvalue weighted by Gasteiger charge is 1.95. The Hall–Kier alpha value is -1.96. The molecule has 0 saturated carbocycles. The van der Waals surface area contributed by atoms with Gasteiger partial charge in [0.25, 0.3) is 0 Å². The number of aryl methyl sites for hydroxylation is 1. The number of benzene rings is 2. The van der Waals surface area contributed by atoms with Crippen LogP contribution in [0, 0.1) is 0 Å². The minimum Gasteiger partial charge on any atom is -0.508 e. The Morgan fingerprint density at radius 1 is 1.00 bits per heavy atom. The summed E-state index contributed by atoms with van der Waals surface area (Å²) in [7, 11) is 0. The Morgan fingerprint density at radius 2 is 1.71 bits per heavy atom. The minimum atomic E-state index is 0.288. The van der Waals surface area contributed by atoms with Crippen LogP contribution >= 0.6 is 0 Å². The zero-order valence-corrected chi connectivity index (χ0v) is 9.98. The van der Waals surface area contributed by atoms with Crippen molar-refractivity contribution in [3.63, 3.8) is 0 Å². The van der Waals surface area contributed by atoms with Crippen molar-refractivity contribution in [2.24, 2.45) is 0 Å². The SMILES string of the molecule is CCc1ccc(CNc2cccc(O)c2)cc1. The molecule has 17 heavy (non-hydrogen) atoms. The molecule has 2 heteroatoms. The predicted octanol–water partition coefficient (Wildman–Crippen LogP) is 3.57. The van der Waals surface area contributed by atoms with Crippen molar-refractivity contribution in [3.05, 3.63) is 59.7 Å². The van der Waals surface area contributed by atoms with Crippen molar-refractivity contribution >= 4 is 5.69 Å². The van der Waals surface area contributed by atoms with Gasteiger partial charge in [-0.2, -0.15) is 0 Å². The molecule has 0 aliphatic carbocycles. The van der Waals surface area contributed by atoms with Gasteiger partial charge in [0.2, 0.25) is 0 Å². The smallest absolute Gasteiger partial charge is 0.117 e. The Kier molecular flexibility index (Phi) is 3.66. The summed E-state index contributed by atoms with van der Waals surface area (Å²) in [4.78, 5) is 0. The second-order valence-corrected chi connectivity index (χ2v) is 4.07. The van der Waals surface area contributed by atoms with Gasteiger partial charge in [-0.1, -0.05) is 37.3 Å². The van der Waals surface area contributed by atoms with Crippen molar-refractivity contribution in [3.8, 4) is 5.75 Å². The van der Waals surface area contributed by atoms with Gasteiger partial charge < -0.3 is 10.4 Å². The third-order valence-electron chi connectivity index (χ3n) is 2.77. The number of hydrogen-bond acceptors (Lipinski definition) is 2. The average molecular weight is 227 g/mol. The lowest BCUT2D eigenvalue weighted by Crippen LogP contribution is -1.99. The van der Waals surface area contributed by atoms with Crippen LogP contribution in [0.2, 0.25) is 0 Å². The van der Waals surface area contributed by atoms with Gasteiger partial charge in [-0.25, -0.2) is 0 Å². The highest BCUT2D eigenvalue weighted by Crippen LogP contribution is 2.16. The van der Waals surface area contributed by atoms with Crippen LogP contribution in [-0.4, -0.2) is 5.11 Å². The maximum absolute atomic E-state index is 9.34. The molecule has 2 aromatic rings. The normalized spacial score (nSPS) is 10.2. The molecule has 2 N–H and O–H groups in total. The number of phenolic OH excluding ortho intramolecular Hbond substituents is 1. The van der Waals surface area contributed by atoms with E-state index >= 15 is 0 Å². The van der Waals surface area contributed by atoms with Crippen LogP contribution < -0.4 is 5.32 Å². The maximum atomic E-state index is 9.34. The Bertz CT molecular complexity index is 477. The number of phenols is 1. The van der Waals surface area contributed by atoms with Crippen LogP contribution in [0.3, 0.4) is 0 Å². The summed E-state index contributed by atoms with van der Waals surface area (Å²) in [6.07, 6.45) is 1.07. The molecule has 2 aromatic carbocycles. The summed E-state index contributed by atoms with van der Waals surface area (Å²) < 4.78 is 0. The quantitative estimate of drug-likeness (QED) is 0.837. The molecule has 0 aromatic heterocycles. The predicted molar refractivity (Wildman–Crippen MR) is 71.3 cm³/mol. The minimum absolute atomic E-state index is 0.288. The van der Waals surface area contributed by atoms with Gasteiger partial charge in [-0.05, 0) is 29.7 Å². The Labute approximate surface area is 102 Å². The van der Waals surface area contributed by atoms with Crippen molar-refractivity contribution in [2.75, 3.05) is 5.32 Å². The van der Waals surface area contributed by atoms with Gasteiger partial charge in [0.15, 0.2) is 0 Å². The fraction of sp³-hybridized carbons (Fsp3) is 0.200. The molecule has 0 atom stereocenters. The second-order valence-electron chi connectivity index (χ2n) is 4.07. The number of hydrogen-bond donors (Lipinski definition) is 2. The highest BCUT2D eigenvalue weighted by atomic mass is 16.3. The molecule has 0 fully saturated rings. The third kappa shape index (κ3) is 3.25. The van der Waals surface area contributed by atoms with E-state index in [1.807, 2.05) is 12.1 Å². The number of rotatable bonds is 4. The van der Waals surface area contributed by atoms with E-state index in [1.54, 1.807) is 12.1 Å². The van der Waals surface area contributed by atoms with Gasteiger partial charge in [-0.15, -0.1) is 0 Å². The molecule has 88 valence electrons. The summed E-state index contributed by atoms with van der Waals surface area (Å²) in [6.45, 7) is 2.92. The van der Waals surface area contributed by atoms with E-state index in [1.165, 1.54) is 11.1 Å². The maximum Gasteiger partial charge on any atom is 0.117 e. The van der Waals surface area contributed by atoms with Gasteiger partial charge in [0.05, 0.1) is 0 Å². The standard InChI is InChI=1S/C15H17NO/c1-2-12-6-8-13(9-7-12)11-16-14-4-3-5-15(17)10-14/h3-10,16-17H,2,11H2,1H3. The third-order valence-corrected chi connectivity index (χ3v) is 2.77. The lowest BCUT2D eigenvalue weighted by atomic mass is 10.1. The van der Waals surface area contributed by atoms with E-state index in [2.05, 4.69) is 36.5 Å². The van der Waals surface area contributed by atoms with Crippen molar-refractivity contribution in [2.45, 2.75) is 19.9 Å². The molecule has 0 aliphatic rings. The van der Waals surface area contributed by atoms with Crippen LogP contribution in [-0.2, 0) is 13.0 Å². The molecule has 0 amide bonds. The second kappa shape index (κ2) is 5.39. The number of aromatic hydroxyl groups is 1. The molecular formula is C15H17NO. The lowest BCUT2D eigenvalue weighted by Gasteiger charge is -2.07. The number of anilines is 1. The molecule has 2 nitrogen and oxygen atoms in total. The monoisotopic (exact) mass is 227 g/mol. The first kappa shape index (κ1) is 11.5. The molecule has 0 bridgehead atoms. The van der Waals surface area contributed by atoms with Crippen LogP contribution in [0.5, 0.6) is 5.75 Å². The van der Waals surface area contributed by atoms with Crippen LogP contribution in [0.15, 0.2) is 48.5 Å². The summed E-state index contributed by atoms with van der Waals surface area (Å²) in [5.74, 6) is 0.288. The molecule has 0 radical (unpaired) electrons.